The number of ether oxygens (including phenoxy) is 1. The molecule has 4 nitrogen and oxygen atoms in total. The van der Waals surface area contributed by atoms with Gasteiger partial charge >= 0.3 is 0 Å². The van der Waals surface area contributed by atoms with Crippen LogP contribution in [0.3, 0.4) is 0 Å². The lowest BCUT2D eigenvalue weighted by Crippen LogP contribution is -2.50. The monoisotopic (exact) mass is 270 g/mol. The maximum absolute atomic E-state index is 12.3. The molecular weight excluding hydrogens is 240 g/mol. The van der Waals surface area contributed by atoms with Crippen LogP contribution in [0.2, 0.25) is 0 Å². The van der Waals surface area contributed by atoms with Crippen molar-refractivity contribution in [2.24, 2.45) is 17.8 Å². The van der Waals surface area contributed by atoms with Crippen molar-refractivity contribution in [3.05, 3.63) is 0 Å². The maximum atomic E-state index is 12.3. The molecule has 1 fully saturated rings. The fourth-order valence-electron chi connectivity index (χ4n) is 2.70. The van der Waals surface area contributed by atoms with Gasteiger partial charge < -0.3 is 15.0 Å². The summed E-state index contributed by atoms with van der Waals surface area (Å²) in [5.74, 6) is 2.09. The second-order valence-corrected chi connectivity index (χ2v) is 6.22. The van der Waals surface area contributed by atoms with Crippen molar-refractivity contribution in [1.82, 2.24) is 10.2 Å². The second kappa shape index (κ2) is 7.85. The van der Waals surface area contributed by atoms with Crippen molar-refractivity contribution in [2.75, 3.05) is 32.8 Å². The van der Waals surface area contributed by atoms with E-state index in [1.54, 1.807) is 0 Å². The molecule has 0 bridgehead atoms. The molecule has 1 unspecified atom stereocenters. The number of nitrogens with one attached hydrogen (secondary N) is 1. The minimum absolute atomic E-state index is 0.0990. The van der Waals surface area contributed by atoms with Gasteiger partial charge in [0.1, 0.15) is 0 Å². The lowest BCUT2D eigenvalue weighted by Gasteiger charge is -2.31. The molecule has 0 aliphatic carbocycles. The van der Waals surface area contributed by atoms with Gasteiger partial charge in [-0.05, 0) is 31.2 Å². The molecule has 0 radical (unpaired) electrons. The van der Waals surface area contributed by atoms with Gasteiger partial charge in [-0.1, -0.05) is 27.7 Å². The zero-order valence-electron chi connectivity index (χ0n) is 13.1. The fraction of sp³-hybridized carbons (Fsp3) is 0.933. The summed E-state index contributed by atoms with van der Waals surface area (Å²) in [5, 5.41) is 3.41. The zero-order valence-corrected chi connectivity index (χ0v) is 13.1. The molecular formula is C15H30N2O2. The van der Waals surface area contributed by atoms with Crippen molar-refractivity contribution in [2.45, 2.75) is 40.7 Å². The Kier molecular flexibility index (Phi) is 6.80. The lowest BCUT2D eigenvalue weighted by atomic mass is 9.85. The summed E-state index contributed by atoms with van der Waals surface area (Å²) >= 11 is 0. The Morgan fingerprint density at radius 3 is 2.11 bits per heavy atom. The van der Waals surface area contributed by atoms with Gasteiger partial charge in [0.15, 0.2) is 0 Å². The first kappa shape index (κ1) is 16.4. The van der Waals surface area contributed by atoms with E-state index in [-0.39, 0.29) is 11.9 Å². The highest BCUT2D eigenvalue weighted by molar-refractivity contribution is 5.81. The highest BCUT2D eigenvalue weighted by atomic mass is 16.5. The molecule has 1 aliphatic heterocycles. The predicted octanol–water partition coefficient (Wildman–Crippen LogP) is 1.75. The molecule has 0 spiro atoms. The summed E-state index contributed by atoms with van der Waals surface area (Å²) in [6, 6.07) is -0.0990. The number of hydrogen-bond donors (Lipinski definition) is 1. The minimum atomic E-state index is -0.0990. The van der Waals surface area contributed by atoms with Gasteiger partial charge in [0, 0.05) is 13.1 Å². The Bertz CT molecular complexity index is 265. The summed E-state index contributed by atoms with van der Waals surface area (Å²) in [4.78, 5) is 14.2. The van der Waals surface area contributed by atoms with Gasteiger partial charge in [0.2, 0.25) is 5.91 Å². The van der Waals surface area contributed by atoms with Gasteiger partial charge in [-0.3, -0.25) is 4.79 Å². The topological polar surface area (TPSA) is 41.6 Å². The molecule has 1 heterocycles. The van der Waals surface area contributed by atoms with Crippen LogP contribution in [0, 0.1) is 17.8 Å². The van der Waals surface area contributed by atoms with E-state index in [4.69, 9.17) is 4.74 Å². The summed E-state index contributed by atoms with van der Waals surface area (Å²) in [5.41, 5.74) is 0. The molecule has 1 rings (SSSR count). The van der Waals surface area contributed by atoms with Crippen LogP contribution in [0.5, 0.6) is 0 Å². The fourth-order valence-corrected chi connectivity index (χ4v) is 2.70. The molecule has 19 heavy (non-hydrogen) atoms. The quantitative estimate of drug-likeness (QED) is 0.799. The number of rotatable bonds is 6. The van der Waals surface area contributed by atoms with Crippen molar-refractivity contribution < 1.29 is 9.53 Å². The third kappa shape index (κ3) is 5.11. The number of amides is 1. The summed E-state index contributed by atoms with van der Waals surface area (Å²) in [6.45, 7) is 14.7. The number of carbonyl (C=O) groups excluding carboxylic acids is 1. The number of hydrogen-bond acceptors (Lipinski definition) is 3. The van der Waals surface area contributed by atoms with Crippen molar-refractivity contribution >= 4 is 5.91 Å². The SMILES string of the molecule is CC(NCC(C(C)C)C(C)C)C(=O)N1CCOCC1. The molecule has 1 amide bonds. The highest BCUT2D eigenvalue weighted by Gasteiger charge is 2.24. The van der Waals surface area contributed by atoms with Crippen LogP contribution in [-0.2, 0) is 9.53 Å². The lowest BCUT2D eigenvalue weighted by molar-refractivity contribution is -0.137. The average molecular weight is 270 g/mol. The van der Waals surface area contributed by atoms with Crippen LogP contribution >= 0.6 is 0 Å². The van der Waals surface area contributed by atoms with Crippen LogP contribution in [0.4, 0.5) is 0 Å². The molecule has 0 aromatic rings. The van der Waals surface area contributed by atoms with Crippen LogP contribution in [0.15, 0.2) is 0 Å². The average Bonchev–Trinajstić information content (AvgIpc) is 2.38. The van der Waals surface area contributed by atoms with E-state index in [2.05, 4.69) is 33.0 Å². The Balaban J connectivity index is 2.40. The van der Waals surface area contributed by atoms with E-state index in [1.807, 2.05) is 11.8 Å². The summed E-state index contributed by atoms with van der Waals surface area (Å²) in [6.07, 6.45) is 0. The first-order valence-electron chi connectivity index (χ1n) is 7.53. The molecule has 0 aromatic carbocycles. The first-order chi connectivity index (χ1) is 8.93. The van der Waals surface area contributed by atoms with Gasteiger partial charge in [-0.15, -0.1) is 0 Å². The third-order valence-electron chi connectivity index (χ3n) is 4.07. The molecule has 112 valence electrons. The largest absolute Gasteiger partial charge is 0.378 e. The zero-order chi connectivity index (χ0) is 14.4. The minimum Gasteiger partial charge on any atom is -0.378 e. The number of carbonyl (C=O) groups is 1. The van der Waals surface area contributed by atoms with E-state index in [0.29, 0.717) is 31.0 Å². The van der Waals surface area contributed by atoms with E-state index >= 15 is 0 Å². The Hall–Kier alpha value is -0.610. The van der Waals surface area contributed by atoms with Gasteiger partial charge in [0.25, 0.3) is 0 Å². The maximum Gasteiger partial charge on any atom is 0.239 e. The van der Waals surface area contributed by atoms with Gasteiger partial charge in [-0.2, -0.15) is 0 Å². The molecule has 0 saturated carbocycles. The number of morpholine rings is 1. The van der Waals surface area contributed by atoms with Crippen LogP contribution in [0.25, 0.3) is 0 Å². The summed E-state index contributed by atoms with van der Waals surface area (Å²) < 4.78 is 5.28. The standard InChI is InChI=1S/C15H30N2O2/c1-11(2)14(12(3)4)10-16-13(5)15(18)17-6-8-19-9-7-17/h11-14,16H,6-10H2,1-5H3. The Labute approximate surface area is 117 Å². The first-order valence-corrected chi connectivity index (χ1v) is 7.53. The van der Waals surface area contributed by atoms with Crippen LogP contribution in [-0.4, -0.2) is 49.7 Å². The molecule has 1 saturated heterocycles. The van der Waals surface area contributed by atoms with Crippen molar-refractivity contribution in [3.63, 3.8) is 0 Å². The smallest absolute Gasteiger partial charge is 0.239 e. The van der Waals surface area contributed by atoms with Crippen molar-refractivity contribution in [3.8, 4) is 0 Å². The molecule has 1 N–H and O–H groups in total. The molecule has 1 atom stereocenters. The number of nitrogens with zero attached hydrogens (tertiary/aromatic N) is 1. The predicted molar refractivity (Wildman–Crippen MR) is 78.0 cm³/mol. The normalized spacial score (nSPS) is 18.4. The van der Waals surface area contributed by atoms with E-state index in [9.17, 15) is 4.79 Å². The van der Waals surface area contributed by atoms with E-state index < -0.39 is 0 Å². The van der Waals surface area contributed by atoms with Crippen molar-refractivity contribution in [1.29, 1.82) is 0 Å². The third-order valence-corrected chi connectivity index (χ3v) is 4.07. The molecule has 1 aliphatic rings. The second-order valence-electron chi connectivity index (χ2n) is 6.22. The van der Waals surface area contributed by atoms with Crippen LogP contribution < -0.4 is 5.32 Å². The Morgan fingerprint density at radius 2 is 1.63 bits per heavy atom. The van der Waals surface area contributed by atoms with Crippen LogP contribution in [0.1, 0.15) is 34.6 Å². The Morgan fingerprint density at radius 1 is 1.11 bits per heavy atom. The van der Waals surface area contributed by atoms with Gasteiger partial charge in [-0.25, -0.2) is 0 Å². The summed E-state index contributed by atoms with van der Waals surface area (Å²) in [7, 11) is 0. The van der Waals surface area contributed by atoms with E-state index in [0.717, 1.165) is 19.6 Å². The molecule has 4 heteroatoms. The van der Waals surface area contributed by atoms with E-state index in [1.165, 1.54) is 0 Å². The molecule has 0 aromatic heterocycles. The highest BCUT2D eigenvalue weighted by Crippen LogP contribution is 2.19. The van der Waals surface area contributed by atoms with Gasteiger partial charge in [0.05, 0.1) is 19.3 Å².